The Balaban J connectivity index is 2.38. The van der Waals surface area contributed by atoms with Crippen LogP contribution in [0.4, 0.5) is 4.39 Å². The van der Waals surface area contributed by atoms with Crippen LogP contribution >= 0.6 is 11.6 Å². The molecule has 0 saturated carbocycles. The standard InChI is InChI=1S/C17H19ClFNO2/c1-21-16-6-4-14(19)8-11(16)7-12(10-20)15-9-13(18)3-5-17(15)22-2/h3-6,8-9,12H,7,10,20H2,1-2H3. The second-order valence-electron chi connectivity index (χ2n) is 4.98. The maximum Gasteiger partial charge on any atom is 0.123 e. The van der Waals surface area contributed by atoms with Gasteiger partial charge >= 0.3 is 0 Å². The third kappa shape index (κ3) is 3.70. The normalized spacial score (nSPS) is 12.0. The third-order valence-electron chi connectivity index (χ3n) is 3.62. The van der Waals surface area contributed by atoms with Crippen molar-refractivity contribution in [2.24, 2.45) is 5.73 Å². The molecule has 0 aliphatic rings. The Morgan fingerprint density at radius 1 is 1.09 bits per heavy atom. The van der Waals surface area contributed by atoms with Crippen LogP contribution in [-0.2, 0) is 6.42 Å². The van der Waals surface area contributed by atoms with Gasteiger partial charge in [0.15, 0.2) is 0 Å². The lowest BCUT2D eigenvalue weighted by Crippen LogP contribution is -2.16. The van der Waals surface area contributed by atoms with Crippen LogP contribution in [0, 0.1) is 5.82 Å². The van der Waals surface area contributed by atoms with Crippen LogP contribution in [0.1, 0.15) is 17.0 Å². The molecule has 0 fully saturated rings. The first kappa shape index (κ1) is 16.6. The average Bonchev–Trinajstić information content (AvgIpc) is 2.52. The highest BCUT2D eigenvalue weighted by Crippen LogP contribution is 2.33. The molecule has 0 aromatic heterocycles. The van der Waals surface area contributed by atoms with Crippen molar-refractivity contribution in [3.8, 4) is 11.5 Å². The highest BCUT2D eigenvalue weighted by molar-refractivity contribution is 6.30. The Hall–Kier alpha value is -1.78. The Morgan fingerprint density at radius 2 is 1.77 bits per heavy atom. The van der Waals surface area contributed by atoms with Gasteiger partial charge in [-0.2, -0.15) is 0 Å². The molecule has 22 heavy (non-hydrogen) atoms. The largest absolute Gasteiger partial charge is 0.496 e. The van der Waals surface area contributed by atoms with Crippen LogP contribution < -0.4 is 15.2 Å². The van der Waals surface area contributed by atoms with Gasteiger partial charge in [-0.25, -0.2) is 4.39 Å². The van der Waals surface area contributed by atoms with E-state index in [0.29, 0.717) is 23.7 Å². The van der Waals surface area contributed by atoms with Gasteiger partial charge in [0.1, 0.15) is 17.3 Å². The van der Waals surface area contributed by atoms with E-state index in [1.807, 2.05) is 12.1 Å². The van der Waals surface area contributed by atoms with Crippen LogP contribution in [0.5, 0.6) is 11.5 Å². The van der Waals surface area contributed by atoms with Crippen molar-refractivity contribution in [1.29, 1.82) is 0 Å². The molecular weight excluding hydrogens is 305 g/mol. The number of hydrogen-bond donors (Lipinski definition) is 1. The number of hydrogen-bond acceptors (Lipinski definition) is 3. The van der Waals surface area contributed by atoms with Crippen molar-refractivity contribution in [2.45, 2.75) is 12.3 Å². The van der Waals surface area contributed by atoms with Crippen molar-refractivity contribution in [3.63, 3.8) is 0 Å². The molecule has 0 saturated heterocycles. The van der Waals surface area contributed by atoms with Gasteiger partial charge in [-0.3, -0.25) is 0 Å². The lowest BCUT2D eigenvalue weighted by Gasteiger charge is -2.20. The van der Waals surface area contributed by atoms with Crippen molar-refractivity contribution in [2.75, 3.05) is 20.8 Å². The number of ether oxygens (including phenoxy) is 2. The maximum atomic E-state index is 13.5. The summed E-state index contributed by atoms with van der Waals surface area (Å²) >= 11 is 6.08. The molecule has 0 bridgehead atoms. The fourth-order valence-corrected chi connectivity index (χ4v) is 2.70. The fraction of sp³-hybridized carbons (Fsp3) is 0.294. The molecule has 0 spiro atoms. The van der Waals surface area contributed by atoms with Crippen LogP contribution in [0.25, 0.3) is 0 Å². The van der Waals surface area contributed by atoms with Crippen LogP contribution in [-0.4, -0.2) is 20.8 Å². The molecule has 118 valence electrons. The van der Waals surface area contributed by atoms with Crippen molar-refractivity contribution >= 4 is 11.6 Å². The number of methoxy groups -OCH3 is 2. The molecule has 2 aromatic carbocycles. The summed E-state index contributed by atoms with van der Waals surface area (Å²) in [6.45, 7) is 0.385. The highest BCUT2D eigenvalue weighted by Gasteiger charge is 2.18. The van der Waals surface area contributed by atoms with E-state index in [1.165, 1.54) is 12.1 Å². The van der Waals surface area contributed by atoms with E-state index in [1.54, 1.807) is 26.4 Å². The van der Waals surface area contributed by atoms with E-state index < -0.39 is 0 Å². The smallest absolute Gasteiger partial charge is 0.123 e. The number of nitrogens with two attached hydrogens (primary N) is 1. The molecule has 0 radical (unpaired) electrons. The number of benzene rings is 2. The Kier molecular flexibility index (Phi) is 5.63. The average molecular weight is 324 g/mol. The van der Waals surface area contributed by atoms with Crippen LogP contribution in [0.3, 0.4) is 0 Å². The zero-order valence-corrected chi connectivity index (χ0v) is 13.4. The molecule has 0 aliphatic carbocycles. The number of rotatable bonds is 6. The summed E-state index contributed by atoms with van der Waals surface area (Å²) in [5.74, 6) is 1.00. The Bertz CT molecular complexity index is 649. The molecule has 3 nitrogen and oxygen atoms in total. The Labute approximate surface area is 134 Å². The predicted octanol–water partition coefficient (Wildman–Crippen LogP) is 3.78. The maximum absolute atomic E-state index is 13.5. The van der Waals surface area contributed by atoms with E-state index in [9.17, 15) is 4.39 Å². The summed E-state index contributed by atoms with van der Waals surface area (Å²) in [7, 11) is 3.16. The molecular formula is C17H19ClFNO2. The predicted molar refractivity (Wildman–Crippen MR) is 86.5 cm³/mol. The molecule has 2 N–H and O–H groups in total. The monoisotopic (exact) mass is 323 g/mol. The molecule has 5 heteroatoms. The lowest BCUT2D eigenvalue weighted by molar-refractivity contribution is 0.400. The summed E-state index contributed by atoms with van der Waals surface area (Å²) < 4.78 is 24.2. The van der Waals surface area contributed by atoms with E-state index >= 15 is 0 Å². The summed E-state index contributed by atoms with van der Waals surface area (Å²) in [4.78, 5) is 0. The molecule has 1 unspecified atom stereocenters. The second kappa shape index (κ2) is 7.47. The van der Waals surface area contributed by atoms with Gasteiger partial charge in [-0.05, 0) is 54.9 Å². The number of halogens is 2. The van der Waals surface area contributed by atoms with Gasteiger partial charge in [0, 0.05) is 16.5 Å². The van der Waals surface area contributed by atoms with Crippen LogP contribution in [0.15, 0.2) is 36.4 Å². The molecule has 2 rings (SSSR count). The summed E-state index contributed by atoms with van der Waals surface area (Å²) in [6, 6.07) is 9.87. The van der Waals surface area contributed by atoms with Crippen molar-refractivity contribution in [3.05, 3.63) is 58.4 Å². The minimum Gasteiger partial charge on any atom is -0.496 e. The minimum atomic E-state index is -0.301. The molecule has 0 aliphatic heterocycles. The first-order valence-corrected chi connectivity index (χ1v) is 7.32. The molecule has 0 heterocycles. The topological polar surface area (TPSA) is 44.5 Å². The first-order chi connectivity index (χ1) is 10.6. The van der Waals surface area contributed by atoms with Crippen molar-refractivity contribution < 1.29 is 13.9 Å². The SMILES string of the molecule is COc1ccc(F)cc1CC(CN)c1cc(Cl)ccc1OC. The summed E-state index contributed by atoms with van der Waals surface area (Å²) in [5, 5.41) is 0.612. The third-order valence-corrected chi connectivity index (χ3v) is 3.86. The van der Waals surface area contributed by atoms with Gasteiger partial charge in [0.05, 0.1) is 14.2 Å². The van der Waals surface area contributed by atoms with E-state index in [-0.39, 0.29) is 11.7 Å². The molecule has 1 atom stereocenters. The van der Waals surface area contributed by atoms with Gasteiger partial charge in [-0.15, -0.1) is 0 Å². The lowest BCUT2D eigenvalue weighted by atomic mass is 9.91. The van der Waals surface area contributed by atoms with Gasteiger partial charge in [0.25, 0.3) is 0 Å². The second-order valence-corrected chi connectivity index (χ2v) is 5.42. The first-order valence-electron chi connectivity index (χ1n) is 6.95. The van der Waals surface area contributed by atoms with E-state index in [4.69, 9.17) is 26.8 Å². The van der Waals surface area contributed by atoms with Gasteiger partial charge in [0.2, 0.25) is 0 Å². The van der Waals surface area contributed by atoms with Gasteiger partial charge in [-0.1, -0.05) is 11.6 Å². The zero-order chi connectivity index (χ0) is 16.1. The summed E-state index contributed by atoms with van der Waals surface area (Å²) in [6.07, 6.45) is 0.536. The minimum absolute atomic E-state index is 0.0515. The highest BCUT2D eigenvalue weighted by atomic mass is 35.5. The van der Waals surface area contributed by atoms with Crippen molar-refractivity contribution in [1.82, 2.24) is 0 Å². The van der Waals surface area contributed by atoms with Crippen LogP contribution in [0.2, 0.25) is 5.02 Å². The Morgan fingerprint density at radius 3 is 2.41 bits per heavy atom. The fourth-order valence-electron chi connectivity index (χ4n) is 2.52. The van der Waals surface area contributed by atoms with Gasteiger partial charge < -0.3 is 15.2 Å². The van der Waals surface area contributed by atoms with E-state index in [2.05, 4.69) is 0 Å². The van der Waals surface area contributed by atoms with E-state index in [0.717, 1.165) is 16.9 Å². The summed E-state index contributed by atoms with van der Waals surface area (Å²) in [5.41, 5.74) is 7.59. The quantitative estimate of drug-likeness (QED) is 0.880. The molecule has 0 amide bonds. The zero-order valence-electron chi connectivity index (χ0n) is 12.6. The molecule has 2 aromatic rings.